The summed E-state index contributed by atoms with van der Waals surface area (Å²) in [5, 5.41) is 1.07. The first-order valence-corrected chi connectivity index (χ1v) is 7.53. The lowest BCUT2D eigenvalue weighted by molar-refractivity contribution is 0.0968. The van der Waals surface area contributed by atoms with Crippen LogP contribution in [0.2, 0.25) is 0 Å². The number of aromatic nitrogens is 1. The summed E-state index contributed by atoms with van der Waals surface area (Å²) in [6.45, 7) is 4.26. The van der Waals surface area contributed by atoms with Gasteiger partial charge in [0.25, 0.3) is 0 Å². The zero-order valence-corrected chi connectivity index (χ0v) is 12.1. The van der Waals surface area contributed by atoms with Gasteiger partial charge in [-0.1, -0.05) is 18.2 Å². The lowest BCUT2D eigenvalue weighted by Crippen LogP contribution is -2.08. The van der Waals surface area contributed by atoms with Gasteiger partial charge in [0.1, 0.15) is 5.69 Å². The zero-order valence-electron chi connectivity index (χ0n) is 11.3. The Balaban J connectivity index is 1.87. The number of Topliss-reactive ketones (excluding diaryl/α,β-unsaturated/α-hetero) is 1. The van der Waals surface area contributed by atoms with Crippen LogP contribution in [0.1, 0.15) is 49.9 Å². The van der Waals surface area contributed by atoms with Crippen molar-refractivity contribution in [3.8, 4) is 0 Å². The number of aryl methyl sites for hydroxylation is 3. The third-order valence-corrected chi connectivity index (χ3v) is 4.86. The van der Waals surface area contributed by atoms with Crippen LogP contribution in [0.3, 0.4) is 0 Å². The number of hydrogen-bond donors (Lipinski definition) is 0. The number of nitrogens with zero attached hydrogens (tertiary/aromatic N) is 1. The molecule has 19 heavy (non-hydrogen) atoms. The Labute approximate surface area is 117 Å². The highest BCUT2D eigenvalue weighted by molar-refractivity contribution is 7.12. The summed E-state index contributed by atoms with van der Waals surface area (Å²) >= 11 is 1.71. The molecule has 0 radical (unpaired) electrons. The van der Waals surface area contributed by atoms with Gasteiger partial charge in [-0.2, -0.15) is 0 Å². The number of ketones is 1. The highest BCUT2D eigenvalue weighted by atomic mass is 32.1. The summed E-state index contributed by atoms with van der Waals surface area (Å²) in [6, 6.07) is 6.53. The second-order valence-electron chi connectivity index (χ2n) is 5.25. The molecule has 98 valence electrons. The van der Waals surface area contributed by atoms with Gasteiger partial charge in [-0.15, -0.1) is 11.3 Å². The van der Waals surface area contributed by atoms with Crippen LogP contribution in [-0.4, -0.2) is 10.8 Å². The largest absolute Gasteiger partial charge is 0.292 e. The number of carbonyl (C=O) groups is 1. The number of carbonyl (C=O) groups excluding carboxylic acids is 1. The molecule has 1 aromatic heterocycles. The lowest BCUT2D eigenvalue weighted by atomic mass is 10.0. The Morgan fingerprint density at radius 2 is 2.05 bits per heavy atom. The van der Waals surface area contributed by atoms with E-state index < -0.39 is 0 Å². The average molecular weight is 271 g/mol. The van der Waals surface area contributed by atoms with Crippen molar-refractivity contribution in [2.75, 3.05) is 0 Å². The summed E-state index contributed by atoms with van der Waals surface area (Å²) in [4.78, 5) is 17.5. The molecule has 0 bridgehead atoms. The lowest BCUT2D eigenvalue weighted by Gasteiger charge is -2.06. The third kappa shape index (κ3) is 2.47. The minimum Gasteiger partial charge on any atom is -0.292 e. The van der Waals surface area contributed by atoms with E-state index in [1.807, 2.05) is 0 Å². The molecule has 0 fully saturated rings. The molecule has 1 aliphatic carbocycles. The molecule has 0 saturated heterocycles. The summed E-state index contributed by atoms with van der Waals surface area (Å²) in [6.07, 6.45) is 3.51. The first kappa shape index (κ1) is 12.5. The summed E-state index contributed by atoms with van der Waals surface area (Å²) in [5.74, 6) is 0.226. The van der Waals surface area contributed by atoms with Crippen LogP contribution in [0.25, 0.3) is 0 Å². The highest BCUT2D eigenvalue weighted by Crippen LogP contribution is 2.28. The van der Waals surface area contributed by atoms with Gasteiger partial charge in [0.2, 0.25) is 0 Å². The van der Waals surface area contributed by atoms with Gasteiger partial charge in [-0.25, -0.2) is 4.98 Å². The van der Waals surface area contributed by atoms with Crippen molar-refractivity contribution in [2.24, 2.45) is 0 Å². The van der Waals surface area contributed by atoms with E-state index in [-0.39, 0.29) is 5.78 Å². The molecule has 2 aromatic rings. The van der Waals surface area contributed by atoms with E-state index in [9.17, 15) is 4.79 Å². The van der Waals surface area contributed by atoms with Crippen LogP contribution in [0.4, 0.5) is 0 Å². The van der Waals surface area contributed by atoms with Crippen molar-refractivity contribution in [3.63, 3.8) is 0 Å². The third-order valence-electron chi connectivity index (χ3n) is 3.74. The summed E-state index contributed by atoms with van der Waals surface area (Å²) in [7, 11) is 0. The predicted molar refractivity (Wildman–Crippen MR) is 78.1 cm³/mol. The van der Waals surface area contributed by atoms with Crippen LogP contribution in [0, 0.1) is 13.8 Å². The van der Waals surface area contributed by atoms with Crippen molar-refractivity contribution in [1.29, 1.82) is 0 Å². The van der Waals surface area contributed by atoms with E-state index in [2.05, 4.69) is 37.0 Å². The average Bonchev–Trinajstić information content (AvgIpc) is 2.78. The van der Waals surface area contributed by atoms with Gasteiger partial charge in [0.15, 0.2) is 5.78 Å². The van der Waals surface area contributed by atoms with Gasteiger partial charge in [-0.05, 0) is 43.4 Å². The van der Waals surface area contributed by atoms with Gasteiger partial charge in [0.05, 0.1) is 5.01 Å². The Bertz CT molecular complexity index is 642. The Kier molecular flexibility index (Phi) is 3.23. The molecular formula is C16H17NOS. The number of fused-ring (bicyclic) bond motifs is 1. The van der Waals surface area contributed by atoms with Gasteiger partial charge >= 0.3 is 0 Å². The smallest absolute Gasteiger partial charge is 0.182 e. The minimum atomic E-state index is 0.226. The standard InChI is InChI=1S/C16H17NOS/c1-10-6-7-12(8-11(10)2)9-15-17-16-13(18)4-3-5-14(16)19-15/h6-8H,3-5,9H2,1-2H3. The fraction of sp³-hybridized carbons (Fsp3) is 0.375. The van der Waals surface area contributed by atoms with Crippen molar-refractivity contribution in [2.45, 2.75) is 39.5 Å². The van der Waals surface area contributed by atoms with Crippen molar-refractivity contribution in [3.05, 3.63) is 50.5 Å². The molecule has 2 nitrogen and oxygen atoms in total. The van der Waals surface area contributed by atoms with Crippen LogP contribution >= 0.6 is 11.3 Å². The minimum absolute atomic E-state index is 0.226. The maximum Gasteiger partial charge on any atom is 0.182 e. The van der Waals surface area contributed by atoms with Gasteiger partial charge in [-0.3, -0.25) is 4.79 Å². The first-order chi connectivity index (χ1) is 9.13. The number of benzene rings is 1. The maximum atomic E-state index is 11.8. The highest BCUT2D eigenvalue weighted by Gasteiger charge is 2.22. The second-order valence-corrected chi connectivity index (χ2v) is 6.42. The molecule has 3 heteroatoms. The Morgan fingerprint density at radius 3 is 2.79 bits per heavy atom. The number of thiazole rings is 1. The van der Waals surface area contributed by atoms with Crippen molar-refractivity contribution < 1.29 is 4.79 Å². The summed E-state index contributed by atoms with van der Waals surface area (Å²) < 4.78 is 0. The molecule has 0 aliphatic heterocycles. The fourth-order valence-corrected chi connectivity index (χ4v) is 3.64. The molecule has 0 amide bonds. The van der Waals surface area contributed by atoms with Crippen molar-refractivity contribution in [1.82, 2.24) is 4.98 Å². The quantitative estimate of drug-likeness (QED) is 0.830. The second kappa shape index (κ2) is 4.89. The molecule has 0 unspecified atom stereocenters. The van der Waals surface area contributed by atoms with E-state index in [0.717, 1.165) is 30.0 Å². The van der Waals surface area contributed by atoms with E-state index >= 15 is 0 Å². The van der Waals surface area contributed by atoms with Crippen LogP contribution in [0.5, 0.6) is 0 Å². The fourth-order valence-electron chi connectivity index (χ4n) is 2.48. The molecule has 0 N–H and O–H groups in total. The molecule has 0 spiro atoms. The predicted octanol–water partition coefficient (Wildman–Crippen LogP) is 3.87. The van der Waals surface area contributed by atoms with Gasteiger partial charge < -0.3 is 0 Å². The van der Waals surface area contributed by atoms with Crippen molar-refractivity contribution >= 4 is 17.1 Å². The first-order valence-electron chi connectivity index (χ1n) is 6.71. The molecule has 0 atom stereocenters. The molecule has 1 aromatic carbocycles. The van der Waals surface area contributed by atoms with E-state index in [1.54, 1.807) is 11.3 Å². The number of rotatable bonds is 2. The van der Waals surface area contributed by atoms with Crippen LogP contribution in [-0.2, 0) is 12.8 Å². The van der Waals surface area contributed by atoms with Crippen LogP contribution in [0.15, 0.2) is 18.2 Å². The Morgan fingerprint density at radius 1 is 1.21 bits per heavy atom. The number of hydrogen-bond acceptors (Lipinski definition) is 3. The van der Waals surface area contributed by atoms with Crippen LogP contribution < -0.4 is 0 Å². The Hall–Kier alpha value is -1.48. The SMILES string of the molecule is Cc1ccc(Cc2nc3c(s2)CCCC3=O)cc1C. The topological polar surface area (TPSA) is 30.0 Å². The molecule has 0 saturated carbocycles. The molecule has 1 heterocycles. The van der Waals surface area contributed by atoms with E-state index in [1.165, 1.54) is 21.6 Å². The zero-order chi connectivity index (χ0) is 13.4. The van der Waals surface area contributed by atoms with Gasteiger partial charge in [0, 0.05) is 17.7 Å². The normalized spacial score (nSPS) is 14.5. The molecular weight excluding hydrogens is 254 g/mol. The van der Waals surface area contributed by atoms with E-state index in [4.69, 9.17) is 0 Å². The summed E-state index contributed by atoms with van der Waals surface area (Å²) in [5.41, 5.74) is 4.66. The molecule has 1 aliphatic rings. The van der Waals surface area contributed by atoms with E-state index in [0.29, 0.717) is 6.42 Å². The molecule has 3 rings (SSSR count). The maximum absolute atomic E-state index is 11.8. The monoisotopic (exact) mass is 271 g/mol.